The number of rotatable bonds is 12. The molecule has 3 rings (SSSR count). The van der Waals surface area contributed by atoms with Crippen molar-refractivity contribution in [3.05, 3.63) is 124 Å². The molecular weight excluding hydrogens is 513 g/mol. The van der Waals surface area contributed by atoms with E-state index in [4.69, 9.17) is 4.74 Å². The van der Waals surface area contributed by atoms with E-state index in [1.54, 1.807) is 37.3 Å². The first-order chi connectivity index (χ1) is 18.7. The van der Waals surface area contributed by atoms with Gasteiger partial charge in [-0.15, -0.1) is 13.2 Å². The summed E-state index contributed by atoms with van der Waals surface area (Å²) in [6, 6.07) is 9.30. The van der Waals surface area contributed by atoms with Gasteiger partial charge in [-0.2, -0.15) is 0 Å². The highest BCUT2D eigenvalue weighted by molar-refractivity contribution is 5.99. The Balaban J connectivity index is 2.06. The van der Waals surface area contributed by atoms with Crippen LogP contribution in [0.25, 0.3) is 0 Å². The highest BCUT2D eigenvalue weighted by Crippen LogP contribution is 2.18. The Labute approximate surface area is 222 Å². The average Bonchev–Trinajstić information content (AvgIpc) is 2.90. The van der Waals surface area contributed by atoms with Crippen molar-refractivity contribution in [1.82, 2.24) is 15.3 Å². The zero-order valence-corrected chi connectivity index (χ0v) is 21.1. The Bertz CT molecular complexity index is 1420. The maximum Gasteiger partial charge on any atom is 0.274 e. The van der Waals surface area contributed by atoms with Crippen LogP contribution in [-0.4, -0.2) is 29.1 Å². The monoisotopic (exact) mass is 540 g/mol. The van der Waals surface area contributed by atoms with Crippen molar-refractivity contribution in [2.24, 2.45) is 0 Å². The zero-order chi connectivity index (χ0) is 28.5. The molecule has 0 saturated carbocycles. The molecule has 204 valence electrons. The van der Waals surface area contributed by atoms with Gasteiger partial charge in [-0.25, -0.2) is 13.2 Å². The van der Waals surface area contributed by atoms with Crippen LogP contribution in [0.3, 0.4) is 0 Å². The number of aromatic nitrogens is 1. The molecule has 11 heteroatoms. The van der Waals surface area contributed by atoms with E-state index in [1.165, 1.54) is 12.2 Å². The molecule has 1 unspecified atom stereocenters. The van der Waals surface area contributed by atoms with Crippen LogP contribution in [0.15, 0.2) is 78.8 Å². The lowest BCUT2D eigenvalue weighted by atomic mass is 10.1. The number of ether oxygens (including phenoxy) is 1. The Morgan fingerprint density at radius 1 is 1.08 bits per heavy atom. The van der Waals surface area contributed by atoms with Gasteiger partial charge in [0.1, 0.15) is 29.6 Å². The Morgan fingerprint density at radius 3 is 2.36 bits per heavy atom. The minimum atomic E-state index is -1.20. The third-order valence-electron chi connectivity index (χ3n) is 5.50. The molecule has 0 aliphatic heterocycles. The van der Waals surface area contributed by atoms with Gasteiger partial charge in [-0.3, -0.25) is 19.1 Å². The Hall–Kier alpha value is -4.80. The van der Waals surface area contributed by atoms with Gasteiger partial charge in [0, 0.05) is 43.0 Å². The van der Waals surface area contributed by atoms with Gasteiger partial charge in [-0.05, 0) is 12.5 Å². The summed E-state index contributed by atoms with van der Waals surface area (Å²) in [5, 5.41) is 4.92. The molecule has 0 saturated heterocycles. The number of carbonyl (C=O) groups is 2. The summed E-state index contributed by atoms with van der Waals surface area (Å²) in [6.07, 6.45) is 4.04. The van der Waals surface area contributed by atoms with E-state index < -0.39 is 64.2 Å². The lowest BCUT2D eigenvalue weighted by Gasteiger charge is -2.20. The van der Waals surface area contributed by atoms with E-state index in [9.17, 15) is 27.6 Å². The molecule has 2 aromatic carbocycles. The minimum Gasteiger partial charge on any atom is -0.482 e. The Morgan fingerprint density at radius 2 is 1.74 bits per heavy atom. The predicted octanol–water partition coefficient (Wildman–Crippen LogP) is 3.81. The lowest BCUT2D eigenvalue weighted by molar-refractivity contribution is 0.0921. The van der Waals surface area contributed by atoms with Gasteiger partial charge >= 0.3 is 0 Å². The van der Waals surface area contributed by atoms with Gasteiger partial charge < -0.3 is 20.8 Å². The number of hydrogen-bond donors (Lipinski definition) is 3. The van der Waals surface area contributed by atoms with Crippen LogP contribution in [0.4, 0.5) is 13.2 Å². The summed E-state index contributed by atoms with van der Waals surface area (Å²) in [5.74, 6) is -5.65. The second-order valence-electron chi connectivity index (χ2n) is 8.37. The lowest BCUT2D eigenvalue weighted by Crippen LogP contribution is -2.39. The van der Waals surface area contributed by atoms with Gasteiger partial charge in [0.2, 0.25) is 5.43 Å². The summed E-state index contributed by atoms with van der Waals surface area (Å²) in [5.41, 5.74) is 1.30. The number of hydrogen-bond acceptors (Lipinski definition) is 5. The van der Waals surface area contributed by atoms with Crippen molar-refractivity contribution < 1.29 is 27.5 Å². The van der Waals surface area contributed by atoms with Crippen molar-refractivity contribution in [2.45, 2.75) is 26.1 Å². The smallest absolute Gasteiger partial charge is 0.274 e. The molecule has 1 atom stereocenters. The molecule has 1 heterocycles. The molecule has 0 aliphatic rings. The van der Waals surface area contributed by atoms with Crippen LogP contribution < -0.4 is 26.2 Å². The normalized spacial score (nSPS) is 11.3. The van der Waals surface area contributed by atoms with E-state index in [1.807, 2.05) is 0 Å². The maximum atomic E-state index is 14.1. The minimum absolute atomic E-state index is 0.105. The molecule has 8 nitrogen and oxygen atoms in total. The van der Waals surface area contributed by atoms with E-state index in [0.29, 0.717) is 17.7 Å². The van der Waals surface area contributed by atoms with E-state index in [2.05, 4.69) is 29.2 Å². The highest BCUT2D eigenvalue weighted by Gasteiger charge is 2.27. The number of nitrogens with zero attached hydrogens (tertiary/aromatic N) is 1. The molecule has 0 spiro atoms. The number of benzene rings is 2. The summed E-state index contributed by atoms with van der Waals surface area (Å²) in [4.78, 5) is 39.7. The fourth-order valence-electron chi connectivity index (χ4n) is 3.46. The van der Waals surface area contributed by atoms with Crippen LogP contribution in [0.5, 0.6) is 5.75 Å². The number of nitrogens with one attached hydrogen (secondary N) is 3. The molecule has 3 N–H and O–H groups in total. The second-order valence-corrected chi connectivity index (χ2v) is 8.37. The van der Waals surface area contributed by atoms with E-state index in [-0.39, 0.29) is 18.8 Å². The van der Waals surface area contributed by atoms with Crippen LogP contribution in [-0.2, 0) is 13.2 Å². The molecule has 0 radical (unpaired) electrons. The van der Waals surface area contributed by atoms with Gasteiger partial charge in [0.15, 0.2) is 11.4 Å². The van der Waals surface area contributed by atoms with Crippen LogP contribution >= 0.6 is 0 Å². The largest absolute Gasteiger partial charge is 0.482 e. The van der Waals surface area contributed by atoms with Crippen LogP contribution in [0, 0.1) is 17.5 Å². The van der Waals surface area contributed by atoms with Crippen molar-refractivity contribution in [3.63, 3.8) is 0 Å². The van der Waals surface area contributed by atoms with E-state index in [0.717, 1.165) is 10.9 Å². The number of amides is 2. The first-order valence-corrected chi connectivity index (χ1v) is 11.8. The van der Waals surface area contributed by atoms with Crippen molar-refractivity contribution in [3.8, 4) is 5.75 Å². The maximum absolute atomic E-state index is 14.1. The summed E-state index contributed by atoms with van der Waals surface area (Å²) >= 11 is 0. The molecule has 1 aromatic heterocycles. The fourth-order valence-corrected chi connectivity index (χ4v) is 3.46. The van der Waals surface area contributed by atoms with Crippen molar-refractivity contribution in [2.75, 3.05) is 12.0 Å². The molecule has 0 fully saturated rings. The second kappa shape index (κ2) is 13.1. The first kappa shape index (κ1) is 28.8. The summed E-state index contributed by atoms with van der Waals surface area (Å²) < 4.78 is 48.3. The highest BCUT2D eigenvalue weighted by atomic mass is 19.1. The molecule has 0 aliphatic carbocycles. The zero-order valence-electron chi connectivity index (χ0n) is 21.1. The molecular formula is C28H27F3N4O4. The third kappa shape index (κ3) is 7.16. The van der Waals surface area contributed by atoms with Crippen LogP contribution in [0.2, 0.25) is 0 Å². The molecule has 0 bridgehead atoms. The predicted molar refractivity (Wildman–Crippen MR) is 141 cm³/mol. The SMILES string of the molecule is C=CCNn1cc(C(=O)NCc2c(F)cc(F)cc2F)c(=O)c(OCc2ccccc2)c1C(=O)NC(C)C=C. The van der Waals surface area contributed by atoms with Gasteiger partial charge in [0.05, 0.1) is 0 Å². The number of pyridine rings is 1. The molecule has 2 amide bonds. The standard InChI is InChI=1S/C28H27F3N4O4/c1-4-11-33-35-15-21(27(37)32-14-20-22(30)12-19(29)13-23(20)31)25(36)26(24(35)28(38)34-17(3)5-2)39-16-18-9-7-6-8-10-18/h4-10,12-13,15,17,33H,1-2,11,14,16H2,3H3,(H,32,37)(H,34,38). The fraction of sp³-hybridized carbons (Fsp3) is 0.179. The van der Waals surface area contributed by atoms with Crippen LogP contribution in [0.1, 0.15) is 38.9 Å². The first-order valence-electron chi connectivity index (χ1n) is 11.8. The third-order valence-corrected chi connectivity index (χ3v) is 5.50. The number of halogens is 3. The quantitative estimate of drug-likeness (QED) is 0.304. The Kier molecular flexibility index (Phi) is 9.69. The topological polar surface area (TPSA) is 101 Å². The summed E-state index contributed by atoms with van der Waals surface area (Å²) in [6.45, 7) is 8.26. The average molecular weight is 541 g/mol. The molecule has 39 heavy (non-hydrogen) atoms. The van der Waals surface area contributed by atoms with Crippen molar-refractivity contribution in [1.29, 1.82) is 0 Å². The summed E-state index contributed by atoms with van der Waals surface area (Å²) in [7, 11) is 0. The molecule has 3 aromatic rings. The number of carbonyl (C=O) groups excluding carboxylic acids is 2. The van der Waals surface area contributed by atoms with Crippen molar-refractivity contribution >= 4 is 11.8 Å². The van der Waals surface area contributed by atoms with E-state index >= 15 is 0 Å². The van der Waals surface area contributed by atoms with Gasteiger partial charge in [0.25, 0.3) is 11.8 Å². The van der Waals surface area contributed by atoms with Gasteiger partial charge in [-0.1, -0.05) is 42.5 Å².